The molecule has 0 saturated carbocycles. The quantitative estimate of drug-likeness (QED) is 0.839. The Bertz CT molecular complexity index is 444. The van der Waals surface area contributed by atoms with Crippen LogP contribution in [0.1, 0.15) is 37.4 Å². The van der Waals surface area contributed by atoms with E-state index in [1.165, 1.54) is 17.5 Å². The van der Waals surface area contributed by atoms with Crippen molar-refractivity contribution in [3.63, 3.8) is 0 Å². The molecule has 19 heavy (non-hydrogen) atoms. The molecule has 1 fully saturated rings. The Morgan fingerprint density at radius 3 is 3.00 bits per heavy atom. The Hall–Kier alpha value is -0.900. The van der Waals surface area contributed by atoms with E-state index in [1.807, 2.05) is 0 Å². The molecule has 1 saturated heterocycles. The number of rotatable bonds is 1. The summed E-state index contributed by atoms with van der Waals surface area (Å²) < 4.78 is 5.67. The third kappa shape index (κ3) is 2.55. The van der Waals surface area contributed by atoms with Gasteiger partial charge in [-0.1, -0.05) is 24.3 Å². The van der Waals surface area contributed by atoms with Crippen LogP contribution in [0.3, 0.4) is 0 Å². The molecule has 2 heterocycles. The lowest BCUT2D eigenvalue weighted by molar-refractivity contribution is -0.0740. The predicted octanol–water partition coefficient (Wildman–Crippen LogP) is 2.33. The van der Waals surface area contributed by atoms with Crippen molar-refractivity contribution in [1.82, 2.24) is 10.2 Å². The van der Waals surface area contributed by atoms with E-state index >= 15 is 0 Å². The SMILES string of the molecule is CC1(C)COCCN1C1CCNCc2ccccc21. The summed E-state index contributed by atoms with van der Waals surface area (Å²) in [5, 5.41) is 3.54. The van der Waals surface area contributed by atoms with Crippen LogP contribution in [0.15, 0.2) is 24.3 Å². The number of nitrogens with zero attached hydrogens (tertiary/aromatic N) is 1. The number of hydrogen-bond donors (Lipinski definition) is 1. The fourth-order valence-electron chi connectivity index (χ4n) is 3.41. The lowest BCUT2D eigenvalue weighted by Gasteiger charge is -2.47. The normalized spacial score (nSPS) is 27.6. The predicted molar refractivity (Wildman–Crippen MR) is 77.1 cm³/mol. The zero-order valence-corrected chi connectivity index (χ0v) is 12.0. The molecule has 1 aromatic rings. The first-order valence-electron chi connectivity index (χ1n) is 7.31. The summed E-state index contributed by atoms with van der Waals surface area (Å²) in [6.45, 7) is 9.41. The number of hydrogen-bond acceptors (Lipinski definition) is 3. The van der Waals surface area contributed by atoms with Crippen molar-refractivity contribution in [3.05, 3.63) is 35.4 Å². The average molecular weight is 260 g/mol. The number of nitrogens with one attached hydrogen (secondary N) is 1. The van der Waals surface area contributed by atoms with Crippen LogP contribution in [0, 0.1) is 0 Å². The highest BCUT2D eigenvalue weighted by Crippen LogP contribution is 2.35. The smallest absolute Gasteiger partial charge is 0.0645 e. The summed E-state index contributed by atoms with van der Waals surface area (Å²) in [4.78, 5) is 2.64. The molecular formula is C16H24N2O. The fourth-order valence-corrected chi connectivity index (χ4v) is 3.41. The molecular weight excluding hydrogens is 236 g/mol. The third-order valence-corrected chi connectivity index (χ3v) is 4.41. The fraction of sp³-hybridized carbons (Fsp3) is 0.625. The Kier molecular flexibility index (Phi) is 3.61. The molecule has 0 amide bonds. The van der Waals surface area contributed by atoms with Gasteiger partial charge in [0.15, 0.2) is 0 Å². The first-order valence-corrected chi connectivity index (χ1v) is 7.31. The molecule has 3 heteroatoms. The maximum Gasteiger partial charge on any atom is 0.0645 e. The lowest BCUT2D eigenvalue weighted by Crippen LogP contribution is -2.54. The second-order valence-electron chi connectivity index (χ2n) is 6.24. The van der Waals surface area contributed by atoms with Gasteiger partial charge in [0.2, 0.25) is 0 Å². The summed E-state index contributed by atoms with van der Waals surface area (Å²) in [5.41, 5.74) is 3.08. The largest absolute Gasteiger partial charge is 0.378 e. The van der Waals surface area contributed by atoms with Crippen LogP contribution in [0.25, 0.3) is 0 Å². The summed E-state index contributed by atoms with van der Waals surface area (Å²) in [6.07, 6.45) is 1.18. The van der Waals surface area contributed by atoms with Gasteiger partial charge in [0.1, 0.15) is 0 Å². The van der Waals surface area contributed by atoms with Crippen LogP contribution in [0.2, 0.25) is 0 Å². The van der Waals surface area contributed by atoms with E-state index < -0.39 is 0 Å². The molecule has 3 rings (SSSR count). The Morgan fingerprint density at radius 2 is 2.16 bits per heavy atom. The van der Waals surface area contributed by atoms with Gasteiger partial charge < -0.3 is 10.1 Å². The molecule has 1 N–H and O–H groups in total. The number of fused-ring (bicyclic) bond motifs is 1. The summed E-state index contributed by atoms with van der Waals surface area (Å²) >= 11 is 0. The van der Waals surface area contributed by atoms with Gasteiger partial charge in [-0.05, 0) is 37.9 Å². The topological polar surface area (TPSA) is 24.5 Å². The number of benzene rings is 1. The van der Waals surface area contributed by atoms with E-state index in [0.717, 1.165) is 32.8 Å². The zero-order valence-electron chi connectivity index (χ0n) is 12.0. The zero-order chi connectivity index (χ0) is 13.3. The van der Waals surface area contributed by atoms with E-state index in [4.69, 9.17) is 4.74 Å². The van der Waals surface area contributed by atoms with Gasteiger partial charge in [-0.15, -0.1) is 0 Å². The van der Waals surface area contributed by atoms with Gasteiger partial charge in [-0.3, -0.25) is 4.90 Å². The first kappa shape index (κ1) is 13.1. The van der Waals surface area contributed by atoms with Crippen molar-refractivity contribution in [2.75, 3.05) is 26.3 Å². The van der Waals surface area contributed by atoms with Crippen LogP contribution in [-0.4, -0.2) is 36.7 Å². The van der Waals surface area contributed by atoms with E-state index in [0.29, 0.717) is 6.04 Å². The minimum atomic E-state index is 0.125. The van der Waals surface area contributed by atoms with Gasteiger partial charge in [0.25, 0.3) is 0 Å². The van der Waals surface area contributed by atoms with Crippen molar-refractivity contribution in [3.8, 4) is 0 Å². The van der Waals surface area contributed by atoms with Gasteiger partial charge >= 0.3 is 0 Å². The molecule has 0 bridgehead atoms. The molecule has 0 radical (unpaired) electrons. The monoisotopic (exact) mass is 260 g/mol. The molecule has 0 spiro atoms. The maximum atomic E-state index is 5.67. The molecule has 1 atom stereocenters. The second-order valence-corrected chi connectivity index (χ2v) is 6.24. The minimum Gasteiger partial charge on any atom is -0.378 e. The van der Waals surface area contributed by atoms with E-state index in [9.17, 15) is 0 Å². The van der Waals surface area contributed by atoms with Crippen LogP contribution in [-0.2, 0) is 11.3 Å². The molecule has 2 aliphatic rings. The molecule has 104 valence electrons. The lowest BCUT2D eigenvalue weighted by atomic mass is 9.92. The summed E-state index contributed by atoms with van der Waals surface area (Å²) in [5.74, 6) is 0. The van der Waals surface area contributed by atoms with Crippen molar-refractivity contribution in [1.29, 1.82) is 0 Å². The van der Waals surface area contributed by atoms with Crippen LogP contribution < -0.4 is 5.32 Å². The molecule has 2 aliphatic heterocycles. The van der Waals surface area contributed by atoms with Gasteiger partial charge in [-0.2, -0.15) is 0 Å². The van der Waals surface area contributed by atoms with Crippen molar-refractivity contribution in [2.24, 2.45) is 0 Å². The number of ether oxygens (including phenoxy) is 1. The van der Waals surface area contributed by atoms with Gasteiger partial charge in [-0.25, -0.2) is 0 Å². The van der Waals surface area contributed by atoms with Crippen LogP contribution >= 0.6 is 0 Å². The van der Waals surface area contributed by atoms with E-state index in [-0.39, 0.29) is 5.54 Å². The second kappa shape index (κ2) is 5.23. The first-order chi connectivity index (χ1) is 9.18. The van der Waals surface area contributed by atoms with Crippen LogP contribution in [0.5, 0.6) is 0 Å². The van der Waals surface area contributed by atoms with E-state index in [1.54, 1.807) is 0 Å². The van der Waals surface area contributed by atoms with Gasteiger partial charge in [0, 0.05) is 24.7 Å². The number of morpholine rings is 1. The van der Waals surface area contributed by atoms with Crippen molar-refractivity contribution in [2.45, 2.75) is 38.4 Å². The molecule has 1 aromatic carbocycles. The minimum absolute atomic E-state index is 0.125. The maximum absolute atomic E-state index is 5.67. The summed E-state index contributed by atoms with van der Waals surface area (Å²) in [7, 11) is 0. The van der Waals surface area contributed by atoms with E-state index in [2.05, 4.69) is 48.3 Å². The molecule has 3 nitrogen and oxygen atoms in total. The molecule has 1 unspecified atom stereocenters. The molecule has 0 aromatic heterocycles. The molecule has 0 aliphatic carbocycles. The highest BCUT2D eigenvalue weighted by Gasteiger charge is 2.37. The third-order valence-electron chi connectivity index (χ3n) is 4.41. The van der Waals surface area contributed by atoms with Gasteiger partial charge in [0.05, 0.1) is 13.2 Å². The Labute approximate surface area is 115 Å². The highest BCUT2D eigenvalue weighted by molar-refractivity contribution is 5.31. The Balaban J connectivity index is 1.95. The average Bonchev–Trinajstić information content (AvgIpc) is 2.61. The van der Waals surface area contributed by atoms with Crippen molar-refractivity contribution < 1.29 is 4.74 Å². The van der Waals surface area contributed by atoms with Crippen LogP contribution in [0.4, 0.5) is 0 Å². The summed E-state index contributed by atoms with van der Waals surface area (Å²) in [6, 6.07) is 9.40. The highest BCUT2D eigenvalue weighted by atomic mass is 16.5. The van der Waals surface area contributed by atoms with Crippen molar-refractivity contribution >= 4 is 0 Å². The standard InChI is InChI=1S/C16H24N2O/c1-16(2)12-19-10-9-18(16)15-7-8-17-11-13-5-3-4-6-14(13)15/h3-6,15,17H,7-12H2,1-2H3. The Morgan fingerprint density at radius 1 is 1.32 bits per heavy atom.